The Bertz CT molecular complexity index is 2790. The molecule has 0 bridgehead atoms. The van der Waals surface area contributed by atoms with Gasteiger partial charge in [-0.25, -0.2) is 46.7 Å². The predicted molar refractivity (Wildman–Crippen MR) is 242 cm³/mol. The Morgan fingerprint density at radius 2 is 1.05 bits per heavy atom. The van der Waals surface area contributed by atoms with Crippen LogP contribution in [0.2, 0.25) is 0 Å². The van der Waals surface area contributed by atoms with Crippen molar-refractivity contribution >= 4 is 64.6 Å². The summed E-state index contributed by atoms with van der Waals surface area (Å²) < 4.78 is 50.5. The molecule has 10 heterocycles. The van der Waals surface area contributed by atoms with Crippen LogP contribution in [-0.4, -0.2) is 116 Å². The van der Waals surface area contributed by atoms with Crippen LogP contribution in [-0.2, 0) is 46.0 Å². The second kappa shape index (κ2) is 16.3. The van der Waals surface area contributed by atoms with Gasteiger partial charge in [0.15, 0.2) is 0 Å². The predicted octanol–water partition coefficient (Wildman–Crippen LogP) is 5.32. The van der Waals surface area contributed by atoms with Gasteiger partial charge in [0.05, 0.1) is 46.7 Å². The zero-order valence-corrected chi connectivity index (χ0v) is 37.6. The van der Waals surface area contributed by atoms with Gasteiger partial charge in [-0.05, 0) is 75.9 Å². The highest BCUT2D eigenvalue weighted by molar-refractivity contribution is 7.88. The Hall–Kier alpha value is -5.56. The molecule has 16 nitrogen and oxygen atoms in total. The van der Waals surface area contributed by atoms with Crippen molar-refractivity contribution in [2.24, 2.45) is 0 Å². The average Bonchev–Trinajstić information content (AvgIpc) is 3.92. The highest BCUT2D eigenvalue weighted by Gasteiger charge is 2.32. The fraction of sp³-hybridized carbons (Fsp3) is 0.409. The van der Waals surface area contributed by atoms with Gasteiger partial charge in [-0.1, -0.05) is 12.2 Å². The summed E-state index contributed by atoms with van der Waals surface area (Å²) in [5.74, 6) is 0. The first-order valence-corrected chi connectivity index (χ1v) is 24.7. The van der Waals surface area contributed by atoms with Crippen molar-refractivity contribution in [2.75, 3.05) is 48.5 Å². The molecule has 4 aliphatic heterocycles. The minimum Gasteiger partial charge on any atom is -0.363 e. The number of sulfonamides is 2. The van der Waals surface area contributed by atoms with E-state index >= 15 is 0 Å². The maximum atomic E-state index is 11.9. The Morgan fingerprint density at radius 3 is 1.42 bits per heavy atom. The molecule has 0 fully saturated rings. The molecule has 4 aliphatic rings. The highest BCUT2D eigenvalue weighted by Crippen LogP contribution is 2.38. The van der Waals surface area contributed by atoms with Gasteiger partial charge in [0.1, 0.15) is 23.9 Å². The van der Waals surface area contributed by atoms with Gasteiger partial charge >= 0.3 is 0 Å². The summed E-state index contributed by atoms with van der Waals surface area (Å²) >= 11 is 0. The van der Waals surface area contributed by atoms with Crippen LogP contribution < -0.4 is 9.80 Å². The van der Waals surface area contributed by atoms with E-state index in [1.807, 2.05) is 38.4 Å². The Labute approximate surface area is 362 Å². The minimum absolute atomic E-state index is 0.288. The van der Waals surface area contributed by atoms with E-state index in [2.05, 4.69) is 87.8 Å². The van der Waals surface area contributed by atoms with Crippen molar-refractivity contribution in [3.05, 3.63) is 107 Å². The fourth-order valence-electron chi connectivity index (χ4n) is 9.31. The Morgan fingerprint density at radius 1 is 0.629 bits per heavy atom. The number of hydrogen-bond acceptors (Lipinski definition) is 12. The number of aromatic nitrogens is 8. The Balaban J connectivity index is 0.000000158. The summed E-state index contributed by atoms with van der Waals surface area (Å²) in [4.78, 5) is 38.9. The lowest BCUT2D eigenvalue weighted by Gasteiger charge is -2.37. The number of aryl methyl sites for hydroxylation is 2. The number of nitrogens with zero attached hydrogens (tertiary/aromatic N) is 10. The summed E-state index contributed by atoms with van der Waals surface area (Å²) in [6.45, 7) is 11.6. The number of H-pyrrole nitrogens is 2. The summed E-state index contributed by atoms with van der Waals surface area (Å²) in [5.41, 5.74) is 14.6. The minimum atomic E-state index is -3.18. The second-order valence-electron chi connectivity index (χ2n) is 16.9. The van der Waals surface area contributed by atoms with Gasteiger partial charge in [0, 0.05) is 110 Å². The van der Waals surface area contributed by atoms with Crippen LogP contribution >= 0.6 is 0 Å². The monoisotopic (exact) mass is 876 g/mol. The largest absolute Gasteiger partial charge is 0.363 e. The zero-order chi connectivity index (χ0) is 43.5. The number of nitrogens with one attached hydrogen (secondary N) is 2. The van der Waals surface area contributed by atoms with Crippen molar-refractivity contribution in [3.63, 3.8) is 0 Å². The lowest BCUT2D eigenvalue weighted by molar-refractivity contribution is 0.444. The van der Waals surface area contributed by atoms with Crippen molar-refractivity contribution in [1.29, 1.82) is 0 Å². The lowest BCUT2D eigenvalue weighted by atomic mass is 9.93. The van der Waals surface area contributed by atoms with Crippen LogP contribution in [0.15, 0.2) is 61.5 Å². The maximum Gasteiger partial charge on any atom is 0.211 e. The van der Waals surface area contributed by atoms with E-state index in [-0.39, 0.29) is 12.1 Å². The maximum absolute atomic E-state index is 11.9. The first-order valence-electron chi connectivity index (χ1n) is 21.0. The highest BCUT2D eigenvalue weighted by atomic mass is 32.2. The van der Waals surface area contributed by atoms with E-state index in [1.54, 1.807) is 12.7 Å². The Kier molecular flexibility index (Phi) is 11.0. The fourth-order valence-corrected chi connectivity index (χ4v) is 10.8. The van der Waals surface area contributed by atoms with Crippen molar-refractivity contribution in [2.45, 2.75) is 78.6 Å². The van der Waals surface area contributed by atoms with Crippen LogP contribution in [0, 0.1) is 13.8 Å². The van der Waals surface area contributed by atoms with E-state index < -0.39 is 20.0 Å². The number of anilines is 2. The molecule has 2 N–H and O–H groups in total. The standard InChI is InChI=1S/2C22H26N6O2S/c2*1-14-10-20(17-4-7-23-22(17)26-14)28-12-18-19(11-15(28)2)24-13-25-21(18)16-5-8-27(9-6-16)31(3,29)30/h2*4-5,7,10,13,15H,6,8-9,11-12H2,1-3H3,(H,23,26)/t2*15-/m11/s1. The van der Waals surface area contributed by atoms with Gasteiger partial charge in [-0.2, -0.15) is 8.61 Å². The summed E-state index contributed by atoms with van der Waals surface area (Å²) in [6, 6.07) is 9.01. The molecule has 18 heteroatoms. The summed E-state index contributed by atoms with van der Waals surface area (Å²) in [5, 5.41) is 2.22. The number of rotatable bonds is 6. The molecule has 0 radical (unpaired) electrons. The van der Waals surface area contributed by atoms with Crippen LogP contribution in [0.1, 0.15) is 72.0 Å². The lowest BCUT2D eigenvalue weighted by Crippen LogP contribution is -2.40. The molecule has 0 unspecified atom stereocenters. The molecule has 10 rings (SSSR count). The number of aromatic amines is 2. The van der Waals surface area contributed by atoms with E-state index in [4.69, 9.17) is 0 Å². The summed E-state index contributed by atoms with van der Waals surface area (Å²) in [7, 11) is -6.36. The third kappa shape index (κ3) is 8.11. The quantitative estimate of drug-likeness (QED) is 0.219. The van der Waals surface area contributed by atoms with Crippen LogP contribution in [0.4, 0.5) is 11.4 Å². The summed E-state index contributed by atoms with van der Waals surface area (Å²) in [6.07, 6.45) is 16.6. The first kappa shape index (κ1) is 41.8. The molecular weight excluding hydrogens is 825 g/mol. The van der Waals surface area contributed by atoms with Gasteiger partial charge in [-0.15, -0.1) is 0 Å². The SMILES string of the molecule is Cc1cc(N2Cc3c(ncnc3C3=CCN(S(C)(=O)=O)CC3)C[C@H]2C)c2cc[nH]c2n1.Cc1cc(N2Cc3c(ncnc3C3=CCN(S(C)(=O)=O)CC3)C[C@H]2C)c2cc[nH]c2n1. The second-order valence-corrected chi connectivity index (χ2v) is 20.9. The molecule has 0 aliphatic carbocycles. The third-order valence-electron chi connectivity index (χ3n) is 12.5. The van der Waals surface area contributed by atoms with Gasteiger partial charge in [-0.3, -0.25) is 0 Å². The number of hydrogen-bond donors (Lipinski definition) is 2. The van der Waals surface area contributed by atoms with E-state index in [0.29, 0.717) is 52.1 Å². The molecule has 324 valence electrons. The molecular formula is C44H52N12O4S2. The molecule has 0 saturated heterocycles. The van der Waals surface area contributed by atoms with Crippen molar-refractivity contribution < 1.29 is 16.8 Å². The normalized spacial score (nSPS) is 20.0. The third-order valence-corrected chi connectivity index (χ3v) is 15.1. The molecule has 0 saturated carbocycles. The van der Waals surface area contributed by atoms with Crippen LogP contribution in [0.5, 0.6) is 0 Å². The van der Waals surface area contributed by atoms with Crippen LogP contribution in [0.25, 0.3) is 33.2 Å². The van der Waals surface area contributed by atoms with E-state index in [0.717, 1.165) is 103 Å². The number of pyridine rings is 2. The molecule has 0 amide bonds. The zero-order valence-electron chi connectivity index (χ0n) is 35.9. The molecule has 0 aromatic carbocycles. The van der Waals surface area contributed by atoms with Gasteiger partial charge in [0.2, 0.25) is 20.0 Å². The molecule has 62 heavy (non-hydrogen) atoms. The average molecular weight is 877 g/mol. The molecule has 2 atom stereocenters. The first-order chi connectivity index (χ1) is 29.6. The van der Waals surface area contributed by atoms with E-state index in [9.17, 15) is 16.8 Å². The molecule has 6 aromatic rings. The topological polar surface area (TPSA) is 190 Å². The molecule has 6 aromatic heterocycles. The van der Waals surface area contributed by atoms with Gasteiger partial charge < -0.3 is 19.8 Å². The molecule has 0 spiro atoms. The van der Waals surface area contributed by atoms with E-state index in [1.165, 1.54) is 21.1 Å². The van der Waals surface area contributed by atoms with Crippen molar-refractivity contribution in [1.82, 2.24) is 48.5 Å². The van der Waals surface area contributed by atoms with Gasteiger partial charge in [0.25, 0.3) is 0 Å². The smallest absolute Gasteiger partial charge is 0.211 e. The number of fused-ring (bicyclic) bond motifs is 4. The van der Waals surface area contributed by atoms with Crippen LogP contribution in [0.3, 0.4) is 0 Å². The van der Waals surface area contributed by atoms with Crippen molar-refractivity contribution in [3.8, 4) is 0 Å².